The van der Waals surface area contributed by atoms with Crippen molar-refractivity contribution >= 4 is 63.0 Å². The minimum absolute atomic E-state index is 0.0312. The Kier molecular flexibility index (Phi) is 7.77. The van der Waals surface area contributed by atoms with Crippen molar-refractivity contribution in [3.63, 3.8) is 0 Å². The average molecular weight is 484 g/mol. The molecule has 0 saturated carbocycles. The van der Waals surface area contributed by atoms with Crippen LogP contribution in [-0.2, 0) is 9.59 Å². The van der Waals surface area contributed by atoms with Crippen LogP contribution >= 0.6 is 34.7 Å². The molecule has 0 radical (unpaired) electrons. The first kappa shape index (κ1) is 22.9. The Morgan fingerprint density at radius 3 is 2.58 bits per heavy atom. The predicted octanol–water partition coefficient (Wildman–Crippen LogP) is 4.37. The number of hydrogen-bond acceptors (Lipinski definition) is 7. The summed E-state index contributed by atoms with van der Waals surface area (Å²) < 4.78 is 26.6. The van der Waals surface area contributed by atoms with Crippen LogP contribution < -0.4 is 16.0 Å². The van der Waals surface area contributed by atoms with Crippen molar-refractivity contribution in [2.24, 2.45) is 0 Å². The second-order valence-electron chi connectivity index (χ2n) is 6.20. The fourth-order valence-corrected chi connectivity index (χ4v) is 4.03. The van der Waals surface area contributed by atoms with E-state index < -0.39 is 17.5 Å². The Morgan fingerprint density at radius 1 is 1.06 bits per heavy atom. The molecule has 0 aliphatic carbocycles. The molecular formula is C19H16ClF2N5O2S2. The number of amides is 2. The van der Waals surface area contributed by atoms with Crippen molar-refractivity contribution in [2.45, 2.75) is 11.3 Å². The Bertz CT molecular complexity index is 1110. The minimum atomic E-state index is -1.07. The van der Waals surface area contributed by atoms with Crippen LogP contribution in [0.25, 0.3) is 0 Å². The van der Waals surface area contributed by atoms with Crippen molar-refractivity contribution in [1.82, 2.24) is 15.5 Å². The van der Waals surface area contributed by atoms with Crippen LogP contribution in [0.2, 0.25) is 5.02 Å². The van der Waals surface area contributed by atoms with E-state index in [1.54, 1.807) is 6.07 Å². The van der Waals surface area contributed by atoms with Gasteiger partial charge in [-0.15, -0.1) is 10.2 Å². The van der Waals surface area contributed by atoms with E-state index in [9.17, 15) is 18.4 Å². The average Bonchev–Trinajstić information content (AvgIpc) is 3.18. The second kappa shape index (κ2) is 10.5. The van der Waals surface area contributed by atoms with E-state index >= 15 is 0 Å². The van der Waals surface area contributed by atoms with Gasteiger partial charge in [-0.3, -0.25) is 9.59 Å². The SMILES string of the molecule is Cc1ccc(Nc2nnc(SCC(=O)NCC(=O)Nc3ccc(F)c(F)c3)s2)cc1Cl. The van der Waals surface area contributed by atoms with Gasteiger partial charge in [-0.05, 0) is 36.8 Å². The van der Waals surface area contributed by atoms with Gasteiger partial charge in [-0.1, -0.05) is 40.8 Å². The van der Waals surface area contributed by atoms with Gasteiger partial charge < -0.3 is 16.0 Å². The topological polar surface area (TPSA) is 96.0 Å². The quantitative estimate of drug-likeness (QED) is 0.412. The Morgan fingerprint density at radius 2 is 1.84 bits per heavy atom. The number of anilines is 3. The maximum Gasteiger partial charge on any atom is 0.243 e. The lowest BCUT2D eigenvalue weighted by Gasteiger charge is -2.07. The number of nitrogens with one attached hydrogen (secondary N) is 3. The summed E-state index contributed by atoms with van der Waals surface area (Å²) in [5.74, 6) is -3.01. The molecule has 0 unspecified atom stereocenters. The van der Waals surface area contributed by atoms with Crippen LogP contribution in [0.3, 0.4) is 0 Å². The summed E-state index contributed by atoms with van der Waals surface area (Å²) in [6, 6.07) is 8.52. The first-order valence-corrected chi connectivity index (χ1v) is 11.0. The van der Waals surface area contributed by atoms with Gasteiger partial charge in [-0.25, -0.2) is 8.78 Å². The summed E-state index contributed by atoms with van der Waals surface area (Å²) in [6.07, 6.45) is 0. The number of rotatable bonds is 8. The van der Waals surface area contributed by atoms with Crippen LogP contribution in [0.5, 0.6) is 0 Å². The molecule has 3 aromatic rings. The third-order valence-corrected chi connectivity index (χ3v) is 6.18. The van der Waals surface area contributed by atoms with Crippen LogP contribution in [0, 0.1) is 18.6 Å². The molecule has 0 atom stereocenters. The molecule has 3 rings (SSSR count). The lowest BCUT2D eigenvalue weighted by atomic mass is 10.2. The highest BCUT2D eigenvalue weighted by atomic mass is 35.5. The summed E-state index contributed by atoms with van der Waals surface area (Å²) in [5.41, 5.74) is 1.83. The fourth-order valence-electron chi connectivity index (χ4n) is 2.25. The van der Waals surface area contributed by atoms with Crippen molar-refractivity contribution in [3.05, 3.63) is 58.6 Å². The lowest BCUT2D eigenvalue weighted by molar-refractivity contribution is -0.122. The summed E-state index contributed by atoms with van der Waals surface area (Å²) in [6.45, 7) is 1.60. The summed E-state index contributed by atoms with van der Waals surface area (Å²) in [5, 5.41) is 17.1. The van der Waals surface area contributed by atoms with Crippen LogP contribution in [0.15, 0.2) is 40.7 Å². The van der Waals surface area contributed by atoms with Gasteiger partial charge in [0.15, 0.2) is 16.0 Å². The standard InChI is InChI=1S/C19H16ClF2N5O2S2/c1-10-2-3-11(6-13(10)20)25-18-26-27-19(31-18)30-9-17(29)23-8-16(28)24-12-4-5-14(21)15(22)7-12/h2-7H,8-9H2,1H3,(H,23,29)(H,24,28)(H,25,26). The molecule has 31 heavy (non-hydrogen) atoms. The summed E-state index contributed by atoms with van der Waals surface area (Å²) >= 11 is 8.54. The molecule has 3 N–H and O–H groups in total. The van der Waals surface area contributed by atoms with Gasteiger partial charge in [-0.2, -0.15) is 0 Å². The highest BCUT2D eigenvalue weighted by Gasteiger charge is 2.11. The van der Waals surface area contributed by atoms with E-state index in [1.807, 2.05) is 19.1 Å². The number of carbonyl (C=O) groups is 2. The maximum absolute atomic E-state index is 13.1. The molecular weight excluding hydrogens is 468 g/mol. The highest BCUT2D eigenvalue weighted by molar-refractivity contribution is 8.01. The van der Waals surface area contributed by atoms with Crippen molar-refractivity contribution in [1.29, 1.82) is 0 Å². The van der Waals surface area contributed by atoms with Crippen molar-refractivity contribution in [3.8, 4) is 0 Å². The van der Waals surface area contributed by atoms with E-state index in [4.69, 9.17) is 11.6 Å². The largest absolute Gasteiger partial charge is 0.346 e. The monoisotopic (exact) mass is 483 g/mol. The number of aromatic nitrogens is 2. The minimum Gasteiger partial charge on any atom is -0.346 e. The number of benzene rings is 2. The molecule has 0 aliphatic heterocycles. The molecule has 2 amide bonds. The van der Waals surface area contributed by atoms with E-state index in [1.165, 1.54) is 29.2 Å². The van der Waals surface area contributed by atoms with Gasteiger partial charge in [0.2, 0.25) is 16.9 Å². The Balaban J connectivity index is 1.41. The van der Waals surface area contributed by atoms with Crippen LogP contribution in [0.1, 0.15) is 5.56 Å². The number of nitrogens with zero attached hydrogens (tertiary/aromatic N) is 2. The molecule has 7 nitrogen and oxygen atoms in total. The van der Waals surface area contributed by atoms with E-state index in [2.05, 4.69) is 26.1 Å². The molecule has 0 fully saturated rings. The molecule has 0 aliphatic rings. The molecule has 0 saturated heterocycles. The zero-order valence-corrected chi connectivity index (χ0v) is 18.4. The van der Waals surface area contributed by atoms with Gasteiger partial charge in [0.25, 0.3) is 0 Å². The number of hydrogen-bond donors (Lipinski definition) is 3. The molecule has 0 bridgehead atoms. The number of thioether (sulfide) groups is 1. The molecule has 12 heteroatoms. The third kappa shape index (κ3) is 6.88. The molecule has 162 valence electrons. The number of halogens is 3. The zero-order valence-electron chi connectivity index (χ0n) is 16.0. The summed E-state index contributed by atoms with van der Waals surface area (Å²) in [7, 11) is 0. The predicted molar refractivity (Wildman–Crippen MR) is 118 cm³/mol. The number of aryl methyl sites for hydroxylation is 1. The van der Waals surface area contributed by atoms with Crippen LogP contribution in [-0.4, -0.2) is 34.3 Å². The molecule has 2 aromatic carbocycles. The van der Waals surface area contributed by atoms with Gasteiger partial charge >= 0.3 is 0 Å². The summed E-state index contributed by atoms with van der Waals surface area (Å²) in [4.78, 5) is 23.8. The first-order valence-electron chi connectivity index (χ1n) is 8.81. The lowest BCUT2D eigenvalue weighted by Crippen LogP contribution is -2.33. The van der Waals surface area contributed by atoms with E-state index in [0.717, 1.165) is 23.4 Å². The normalized spacial score (nSPS) is 10.6. The Labute approximate surface area is 189 Å². The van der Waals surface area contributed by atoms with Gasteiger partial charge in [0, 0.05) is 22.5 Å². The Hall–Kier alpha value is -2.76. The van der Waals surface area contributed by atoms with Crippen molar-refractivity contribution < 1.29 is 18.4 Å². The van der Waals surface area contributed by atoms with Crippen LogP contribution in [0.4, 0.5) is 25.3 Å². The fraction of sp³-hybridized carbons (Fsp3) is 0.158. The van der Waals surface area contributed by atoms with E-state index in [-0.39, 0.29) is 23.9 Å². The van der Waals surface area contributed by atoms with Gasteiger partial charge in [0.05, 0.1) is 12.3 Å². The maximum atomic E-state index is 13.1. The van der Waals surface area contributed by atoms with Crippen molar-refractivity contribution in [2.75, 3.05) is 22.9 Å². The van der Waals surface area contributed by atoms with Gasteiger partial charge in [0.1, 0.15) is 0 Å². The second-order valence-corrected chi connectivity index (χ2v) is 8.81. The molecule has 0 spiro atoms. The molecule has 1 heterocycles. The smallest absolute Gasteiger partial charge is 0.243 e. The third-order valence-electron chi connectivity index (χ3n) is 3.81. The highest BCUT2D eigenvalue weighted by Crippen LogP contribution is 2.29. The number of carbonyl (C=O) groups excluding carboxylic acids is 2. The zero-order chi connectivity index (χ0) is 22.4. The first-order chi connectivity index (χ1) is 14.8. The van der Waals surface area contributed by atoms with E-state index in [0.29, 0.717) is 14.5 Å². The molecule has 1 aromatic heterocycles.